The van der Waals surface area contributed by atoms with Gasteiger partial charge in [0.05, 0.1) is 12.1 Å². The molecular formula is C17H27NO. The minimum atomic E-state index is -0.200. The predicted molar refractivity (Wildman–Crippen MR) is 81.9 cm³/mol. The van der Waals surface area contributed by atoms with Gasteiger partial charge in [-0.1, -0.05) is 44.4 Å². The first-order chi connectivity index (χ1) is 8.99. The van der Waals surface area contributed by atoms with Crippen molar-refractivity contribution in [2.75, 3.05) is 5.32 Å². The lowest BCUT2D eigenvalue weighted by Crippen LogP contribution is -2.36. The van der Waals surface area contributed by atoms with E-state index in [0.717, 1.165) is 19.3 Å². The Hall–Kier alpha value is -1.02. The fraction of sp³-hybridized carbons (Fsp3) is 0.647. The topological polar surface area (TPSA) is 32.3 Å². The summed E-state index contributed by atoms with van der Waals surface area (Å²) >= 11 is 0. The van der Waals surface area contributed by atoms with Crippen LogP contribution in [0.3, 0.4) is 0 Å². The van der Waals surface area contributed by atoms with Crippen molar-refractivity contribution in [3.05, 3.63) is 28.8 Å². The average molecular weight is 261 g/mol. The van der Waals surface area contributed by atoms with Crippen molar-refractivity contribution in [2.24, 2.45) is 0 Å². The molecular weight excluding hydrogens is 234 g/mol. The van der Waals surface area contributed by atoms with Crippen LogP contribution in [0.15, 0.2) is 12.1 Å². The summed E-state index contributed by atoms with van der Waals surface area (Å²) in [4.78, 5) is 0. The van der Waals surface area contributed by atoms with E-state index in [4.69, 9.17) is 0 Å². The van der Waals surface area contributed by atoms with Gasteiger partial charge in [0.25, 0.3) is 0 Å². The van der Waals surface area contributed by atoms with Crippen molar-refractivity contribution in [3.8, 4) is 0 Å². The zero-order chi connectivity index (χ0) is 14.0. The van der Waals surface area contributed by atoms with Gasteiger partial charge in [-0.05, 0) is 43.7 Å². The normalized spacial score (nSPS) is 23.7. The number of benzene rings is 1. The van der Waals surface area contributed by atoms with Crippen LogP contribution in [0.5, 0.6) is 0 Å². The SMILES string of the molecule is Cc1cc(C)c(N[C@H]2CCCC[C@@H]2O)c(C(C)C)c1. The molecule has 1 aromatic carbocycles. The van der Waals surface area contributed by atoms with Crippen LogP contribution in [0, 0.1) is 13.8 Å². The van der Waals surface area contributed by atoms with Gasteiger partial charge in [-0.3, -0.25) is 0 Å². The number of nitrogens with one attached hydrogen (secondary N) is 1. The molecule has 1 aliphatic rings. The van der Waals surface area contributed by atoms with Crippen molar-refractivity contribution in [2.45, 2.75) is 71.4 Å². The molecule has 0 spiro atoms. The van der Waals surface area contributed by atoms with Gasteiger partial charge in [-0.2, -0.15) is 0 Å². The highest BCUT2D eigenvalue weighted by Crippen LogP contribution is 2.32. The zero-order valence-electron chi connectivity index (χ0n) is 12.7. The van der Waals surface area contributed by atoms with Crippen molar-refractivity contribution >= 4 is 5.69 Å². The van der Waals surface area contributed by atoms with Gasteiger partial charge in [0, 0.05) is 5.69 Å². The summed E-state index contributed by atoms with van der Waals surface area (Å²) in [5, 5.41) is 13.8. The van der Waals surface area contributed by atoms with Gasteiger partial charge in [0.2, 0.25) is 0 Å². The first kappa shape index (κ1) is 14.4. The van der Waals surface area contributed by atoms with Crippen molar-refractivity contribution in [1.29, 1.82) is 0 Å². The minimum absolute atomic E-state index is 0.200. The van der Waals surface area contributed by atoms with Gasteiger partial charge in [-0.15, -0.1) is 0 Å². The highest BCUT2D eigenvalue weighted by atomic mass is 16.3. The van der Waals surface area contributed by atoms with Crippen molar-refractivity contribution in [1.82, 2.24) is 0 Å². The van der Waals surface area contributed by atoms with E-state index in [1.807, 2.05) is 0 Å². The Morgan fingerprint density at radius 1 is 1.16 bits per heavy atom. The zero-order valence-corrected chi connectivity index (χ0v) is 12.7. The van der Waals surface area contributed by atoms with E-state index < -0.39 is 0 Å². The van der Waals surface area contributed by atoms with Gasteiger partial charge in [0.15, 0.2) is 0 Å². The number of anilines is 1. The number of hydrogen-bond acceptors (Lipinski definition) is 2. The fourth-order valence-electron chi connectivity index (χ4n) is 3.12. The van der Waals surface area contributed by atoms with Crippen LogP contribution in [-0.4, -0.2) is 17.3 Å². The van der Waals surface area contributed by atoms with Crippen LogP contribution >= 0.6 is 0 Å². The molecule has 1 saturated carbocycles. The number of hydrogen-bond donors (Lipinski definition) is 2. The van der Waals surface area contributed by atoms with Crippen molar-refractivity contribution in [3.63, 3.8) is 0 Å². The molecule has 1 fully saturated rings. The maximum Gasteiger partial charge on any atom is 0.0741 e. The quantitative estimate of drug-likeness (QED) is 0.857. The van der Waals surface area contributed by atoms with Crippen LogP contribution in [0.25, 0.3) is 0 Å². The Morgan fingerprint density at radius 3 is 2.47 bits per heavy atom. The van der Waals surface area contributed by atoms with Crippen LogP contribution in [0.2, 0.25) is 0 Å². The molecule has 2 atom stereocenters. The summed E-state index contributed by atoms with van der Waals surface area (Å²) in [6.07, 6.45) is 4.18. The Kier molecular flexibility index (Phi) is 4.51. The highest BCUT2D eigenvalue weighted by molar-refractivity contribution is 5.60. The molecule has 2 rings (SSSR count). The standard InChI is InChI=1S/C17H27NO/c1-11(2)14-10-12(3)9-13(4)17(14)18-15-7-5-6-8-16(15)19/h9-11,15-16,18-19H,5-8H2,1-4H3/t15-,16-/m0/s1. The van der Waals surface area contributed by atoms with E-state index in [2.05, 4.69) is 45.1 Å². The maximum atomic E-state index is 10.1. The third-order valence-corrected chi connectivity index (χ3v) is 4.19. The van der Waals surface area contributed by atoms with Crippen LogP contribution in [0.1, 0.15) is 62.1 Å². The molecule has 0 amide bonds. The first-order valence-corrected chi connectivity index (χ1v) is 7.54. The molecule has 2 heteroatoms. The maximum absolute atomic E-state index is 10.1. The van der Waals surface area contributed by atoms with E-state index in [-0.39, 0.29) is 12.1 Å². The number of aryl methyl sites for hydroxylation is 2. The molecule has 106 valence electrons. The largest absolute Gasteiger partial charge is 0.391 e. The minimum Gasteiger partial charge on any atom is -0.391 e. The summed E-state index contributed by atoms with van der Waals surface area (Å²) in [6.45, 7) is 8.78. The number of aliphatic hydroxyl groups excluding tert-OH is 1. The summed E-state index contributed by atoms with van der Waals surface area (Å²) in [7, 11) is 0. The van der Waals surface area contributed by atoms with Gasteiger partial charge in [0.1, 0.15) is 0 Å². The third-order valence-electron chi connectivity index (χ3n) is 4.19. The summed E-state index contributed by atoms with van der Waals surface area (Å²) in [5.41, 5.74) is 5.22. The first-order valence-electron chi connectivity index (χ1n) is 7.54. The molecule has 0 bridgehead atoms. The molecule has 1 aliphatic carbocycles. The van der Waals surface area contributed by atoms with E-state index in [1.54, 1.807) is 0 Å². The second kappa shape index (κ2) is 5.96. The molecule has 0 unspecified atom stereocenters. The van der Waals surface area contributed by atoms with Crippen LogP contribution in [-0.2, 0) is 0 Å². The Balaban J connectivity index is 2.28. The van der Waals surface area contributed by atoms with E-state index >= 15 is 0 Å². The second-order valence-corrected chi connectivity index (χ2v) is 6.30. The predicted octanol–water partition coefficient (Wildman–Crippen LogP) is 4.14. The van der Waals surface area contributed by atoms with Crippen LogP contribution in [0.4, 0.5) is 5.69 Å². The molecule has 2 nitrogen and oxygen atoms in total. The Bertz CT molecular complexity index is 439. The fourth-order valence-corrected chi connectivity index (χ4v) is 3.12. The lowest BCUT2D eigenvalue weighted by Gasteiger charge is -2.31. The average Bonchev–Trinajstić information content (AvgIpc) is 2.34. The molecule has 2 N–H and O–H groups in total. The third kappa shape index (κ3) is 3.30. The monoisotopic (exact) mass is 261 g/mol. The summed E-state index contributed by atoms with van der Waals surface area (Å²) in [5.74, 6) is 0.502. The molecule has 0 radical (unpaired) electrons. The van der Waals surface area contributed by atoms with Gasteiger partial charge < -0.3 is 10.4 Å². The van der Waals surface area contributed by atoms with Gasteiger partial charge >= 0.3 is 0 Å². The second-order valence-electron chi connectivity index (χ2n) is 6.30. The lowest BCUT2D eigenvalue weighted by molar-refractivity contribution is 0.116. The van der Waals surface area contributed by atoms with Crippen LogP contribution < -0.4 is 5.32 Å². The number of rotatable bonds is 3. The van der Waals surface area contributed by atoms with Gasteiger partial charge in [-0.25, -0.2) is 0 Å². The van der Waals surface area contributed by atoms with E-state index in [0.29, 0.717) is 5.92 Å². The molecule has 0 aromatic heterocycles. The summed E-state index contributed by atoms with van der Waals surface area (Å²) in [6, 6.07) is 4.71. The molecule has 0 saturated heterocycles. The van der Waals surface area contributed by atoms with E-state index in [9.17, 15) is 5.11 Å². The molecule has 1 aromatic rings. The smallest absolute Gasteiger partial charge is 0.0741 e. The van der Waals surface area contributed by atoms with E-state index in [1.165, 1.54) is 28.8 Å². The Morgan fingerprint density at radius 2 is 1.84 bits per heavy atom. The van der Waals surface area contributed by atoms with Crippen molar-refractivity contribution < 1.29 is 5.11 Å². The molecule has 0 aliphatic heterocycles. The Labute approximate surface area is 117 Å². The lowest BCUT2D eigenvalue weighted by atomic mass is 9.90. The summed E-state index contributed by atoms with van der Waals surface area (Å²) < 4.78 is 0. The number of aliphatic hydroxyl groups is 1. The molecule has 19 heavy (non-hydrogen) atoms. The molecule has 0 heterocycles. The highest BCUT2D eigenvalue weighted by Gasteiger charge is 2.24.